The van der Waals surface area contributed by atoms with Crippen LogP contribution in [0, 0.1) is 0 Å². The number of rotatable bonds is 5. The van der Waals surface area contributed by atoms with Crippen LogP contribution in [0.1, 0.15) is 37.4 Å². The van der Waals surface area contributed by atoms with E-state index in [-0.39, 0.29) is 12.1 Å². The Balaban J connectivity index is 1.69. The van der Waals surface area contributed by atoms with Crippen LogP contribution in [-0.2, 0) is 0 Å². The van der Waals surface area contributed by atoms with Crippen molar-refractivity contribution in [3.8, 4) is 0 Å². The van der Waals surface area contributed by atoms with E-state index in [1.165, 1.54) is 16.7 Å². The van der Waals surface area contributed by atoms with Gasteiger partial charge < -0.3 is 10.2 Å². The van der Waals surface area contributed by atoms with Crippen LogP contribution in [0.5, 0.6) is 0 Å². The average molecular weight is 364 g/mol. The standard InChI is InChI=1S/C23H29N3O/c1-3-19(2)18-24-23(27)26-16-14-25(15-17-26)22(20-10-6-4-7-11-20)21-12-8-5-9-13-21/h4-13,18,22H,3,14-17H2,1-2H3,(H,24,27)/b19-18+. The molecule has 0 unspecified atom stereocenters. The molecule has 0 aromatic heterocycles. The van der Waals surface area contributed by atoms with Crippen LogP contribution in [0.3, 0.4) is 0 Å². The van der Waals surface area contributed by atoms with Crippen molar-refractivity contribution in [1.29, 1.82) is 0 Å². The summed E-state index contributed by atoms with van der Waals surface area (Å²) >= 11 is 0. The number of carbonyl (C=O) groups excluding carboxylic acids is 1. The summed E-state index contributed by atoms with van der Waals surface area (Å²) in [5.74, 6) is 0. The first kappa shape index (κ1) is 19.2. The van der Waals surface area contributed by atoms with Gasteiger partial charge in [0.25, 0.3) is 0 Å². The molecule has 0 aliphatic carbocycles. The quantitative estimate of drug-likeness (QED) is 0.854. The maximum atomic E-state index is 12.4. The van der Waals surface area contributed by atoms with E-state index in [1.54, 1.807) is 0 Å². The van der Waals surface area contributed by atoms with Gasteiger partial charge in [-0.05, 0) is 24.5 Å². The Labute approximate surface area is 162 Å². The number of hydrogen-bond acceptors (Lipinski definition) is 2. The predicted octanol–water partition coefficient (Wildman–Crippen LogP) is 4.42. The lowest BCUT2D eigenvalue weighted by Crippen LogP contribution is -2.51. The molecule has 0 saturated carbocycles. The zero-order valence-electron chi connectivity index (χ0n) is 16.3. The number of benzene rings is 2. The van der Waals surface area contributed by atoms with Crippen LogP contribution in [0.25, 0.3) is 0 Å². The van der Waals surface area contributed by atoms with Gasteiger partial charge in [-0.1, -0.05) is 73.2 Å². The van der Waals surface area contributed by atoms with Gasteiger partial charge in [-0.25, -0.2) is 4.79 Å². The maximum Gasteiger partial charge on any atom is 0.321 e. The first-order chi connectivity index (χ1) is 13.2. The van der Waals surface area contributed by atoms with Crippen molar-refractivity contribution in [1.82, 2.24) is 15.1 Å². The van der Waals surface area contributed by atoms with Gasteiger partial charge in [0.1, 0.15) is 0 Å². The number of nitrogens with zero attached hydrogens (tertiary/aromatic N) is 2. The topological polar surface area (TPSA) is 35.6 Å². The molecular weight excluding hydrogens is 334 g/mol. The summed E-state index contributed by atoms with van der Waals surface area (Å²) < 4.78 is 0. The van der Waals surface area contributed by atoms with E-state index in [0.717, 1.165) is 32.6 Å². The normalized spacial score (nSPS) is 15.8. The molecule has 0 bridgehead atoms. The highest BCUT2D eigenvalue weighted by Crippen LogP contribution is 2.29. The van der Waals surface area contributed by atoms with Crippen LogP contribution in [0.4, 0.5) is 4.79 Å². The highest BCUT2D eigenvalue weighted by molar-refractivity contribution is 5.75. The van der Waals surface area contributed by atoms with Gasteiger partial charge in [-0.3, -0.25) is 4.90 Å². The van der Waals surface area contributed by atoms with Crippen molar-refractivity contribution in [2.75, 3.05) is 26.2 Å². The third-order valence-electron chi connectivity index (χ3n) is 5.20. The minimum absolute atomic E-state index is 0.00146. The molecule has 142 valence electrons. The fraction of sp³-hybridized carbons (Fsp3) is 0.348. The molecule has 2 aromatic rings. The fourth-order valence-electron chi connectivity index (χ4n) is 3.45. The number of amides is 2. The lowest BCUT2D eigenvalue weighted by atomic mass is 9.96. The van der Waals surface area contributed by atoms with E-state index in [9.17, 15) is 4.79 Å². The van der Waals surface area contributed by atoms with Crippen molar-refractivity contribution in [2.24, 2.45) is 0 Å². The third-order valence-corrected chi connectivity index (χ3v) is 5.20. The molecule has 1 saturated heterocycles. The maximum absolute atomic E-state index is 12.4. The van der Waals surface area contributed by atoms with Crippen LogP contribution < -0.4 is 5.32 Å². The zero-order valence-corrected chi connectivity index (χ0v) is 16.3. The Morgan fingerprint density at radius 2 is 1.48 bits per heavy atom. The molecule has 1 aliphatic rings. The number of allylic oxidation sites excluding steroid dienone is 1. The first-order valence-electron chi connectivity index (χ1n) is 9.74. The molecule has 27 heavy (non-hydrogen) atoms. The van der Waals surface area contributed by atoms with Gasteiger partial charge in [0, 0.05) is 32.4 Å². The molecule has 2 aromatic carbocycles. The van der Waals surface area contributed by atoms with Crippen molar-refractivity contribution in [3.63, 3.8) is 0 Å². The van der Waals surface area contributed by atoms with Crippen molar-refractivity contribution in [3.05, 3.63) is 83.6 Å². The monoisotopic (exact) mass is 363 g/mol. The number of carbonyl (C=O) groups is 1. The van der Waals surface area contributed by atoms with Gasteiger partial charge in [0.05, 0.1) is 6.04 Å². The van der Waals surface area contributed by atoms with E-state index in [2.05, 4.69) is 77.8 Å². The molecular formula is C23H29N3O. The number of piperazine rings is 1. The lowest BCUT2D eigenvalue weighted by Gasteiger charge is -2.39. The zero-order chi connectivity index (χ0) is 19.1. The van der Waals surface area contributed by atoms with Crippen LogP contribution in [0.15, 0.2) is 72.4 Å². The van der Waals surface area contributed by atoms with Gasteiger partial charge in [0.2, 0.25) is 0 Å². The molecule has 1 aliphatic heterocycles. The van der Waals surface area contributed by atoms with Crippen molar-refractivity contribution >= 4 is 6.03 Å². The smallest absolute Gasteiger partial charge is 0.321 e. The second-order valence-corrected chi connectivity index (χ2v) is 7.04. The van der Waals surface area contributed by atoms with E-state index >= 15 is 0 Å². The Morgan fingerprint density at radius 1 is 0.963 bits per heavy atom. The summed E-state index contributed by atoms with van der Waals surface area (Å²) in [6.07, 6.45) is 2.77. The van der Waals surface area contributed by atoms with E-state index in [0.29, 0.717) is 0 Å². The number of urea groups is 1. The molecule has 4 heteroatoms. The number of hydrogen-bond donors (Lipinski definition) is 1. The summed E-state index contributed by atoms with van der Waals surface area (Å²) in [4.78, 5) is 16.8. The third kappa shape index (κ3) is 4.98. The Bertz CT molecular complexity index is 710. The summed E-state index contributed by atoms with van der Waals surface area (Å²) in [7, 11) is 0. The summed E-state index contributed by atoms with van der Waals surface area (Å²) in [6, 6.07) is 21.5. The second kappa shape index (κ2) is 9.38. The minimum Gasteiger partial charge on any atom is -0.322 e. The molecule has 4 nitrogen and oxygen atoms in total. The van der Waals surface area contributed by atoms with Gasteiger partial charge >= 0.3 is 6.03 Å². The summed E-state index contributed by atoms with van der Waals surface area (Å²) in [5.41, 5.74) is 3.77. The molecule has 2 amide bonds. The molecule has 0 spiro atoms. The van der Waals surface area contributed by atoms with Gasteiger partial charge in [0.15, 0.2) is 0 Å². The summed E-state index contributed by atoms with van der Waals surface area (Å²) in [5, 5.41) is 2.92. The van der Waals surface area contributed by atoms with Crippen molar-refractivity contribution < 1.29 is 4.79 Å². The molecule has 1 heterocycles. The fourth-order valence-corrected chi connectivity index (χ4v) is 3.45. The molecule has 3 rings (SSSR count). The molecule has 1 N–H and O–H groups in total. The predicted molar refractivity (Wildman–Crippen MR) is 110 cm³/mol. The van der Waals surface area contributed by atoms with Gasteiger partial charge in [-0.15, -0.1) is 0 Å². The highest BCUT2D eigenvalue weighted by atomic mass is 16.2. The Hall–Kier alpha value is -2.59. The average Bonchev–Trinajstić information content (AvgIpc) is 2.74. The largest absolute Gasteiger partial charge is 0.322 e. The molecule has 0 atom stereocenters. The van der Waals surface area contributed by atoms with Crippen LogP contribution >= 0.6 is 0 Å². The summed E-state index contributed by atoms with van der Waals surface area (Å²) in [6.45, 7) is 7.31. The Morgan fingerprint density at radius 3 is 1.96 bits per heavy atom. The van der Waals surface area contributed by atoms with Crippen molar-refractivity contribution in [2.45, 2.75) is 26.3 Å². The van der Waals surface area contributed by atoms with Crippen LogP contribution in [-0.4, -0.2) is 42.0 Å². The number of nitrogens with one attached hydrogen (secondary N) is 1. The van der Waals surface area contributed by atoms with E-state index in [4.69, 9.17) is 0 Å². The Kier molecular flexibility index (Phi) is 6.66. The minimum atomic E-state index is -0.00146. The van der Waals surface area contributed by atoms with Gasteiger partial charge in [-0.2, -0.15) is 0 Å². The van der Waals surface area contributed by atoms with E-state index < -0.39 is 0 Å². The lowest BCUT2D eigenvalue weighted by molar-refractivity contribution is 0.122. The van der Waals surface area contributed by atoms with Crippen LogP contribution in [0.2, 0.25) is 0 Å². The SMILES string of the molecule is CC/C(C)=C/NC(=O)N1CCN(C(c2ccccc2)c2ccccc2)CC1. The first-order valence-corrected chi connectivity index (χ1v) is 9.74. The highest BCUT2D eigenvalue weighted by Gasteiger charge is 2.27. The molecule has 0 radical (unpaired) electrons. The second-order valence-electron chi connectivity index (χ2n) is 7.04. The molecule has 1 fully saturated rings. The van der Waals surface area contributed by atoms with E-state index in [1.807, 2.05) is 18.0 Å².